The van der Waals surface area contributed by atoms with E-state index >= 15 is 0 Å². The van der Waals surface area contributed by atoms with E-state index < -0.39 is 5.82 Å². The van der Waals surface area contributed by atoms with Gasteiger partial charge in [-0.15, -0.1) is 0 Å². The van der Waals surface area contributed by atoms with Gasteiger partial charge < -0.3 is 19.7 Å². The van der Waals surface area contributed by atoms with Crippen LogP contribution in [0.4, 0.5) is 4.39 Å². The molecule has 1 aliphatic heterocycles. The second kappa shape index (κ2) is 13.5. The molecule has 2 aromatic carbocycles. The molecule has 10 heteroatoms. The van der Waals surface area contributed by atoms with Crippen molar-refractivity contribution in [2.75, 3.05) is 20.2 Å². The van der Waals surface area contributed by atoms with E-state index in [0.29, 0.717) is 74.2 Å². The molecule has 2 aliphatic rings. The molecule has 5 rings (SSSR count). The minimum atomic E-state index is -0.608. The Morgan fingerprint density at radius 1 is 0.930 bits per heavy atom. The Kier molecular flexibility index (Phi) is 9.30. The van der Waals surface area contributed by atoms with Crippen molar-refractivity contribution in [3.05, 3.63) is 89.0 Å². The minimum Gasteiger partial charge on any atom is -0.497 e. The number of pyridine rings is 1. The Morgan fingerprint density at radius 2 is 1.60 bits per heavy atom. The summed E-state index contributed by atoms with van der Waals surface area (Å²) >= 11 is 0. The summed E-state index contributed by atoms with van der Waals surface area (Å²) in [7, 11) is 1.58. The highest BCUT2D eigenvalue weighted by Crippen LogP contribution is 2.26. The number of ether oxygens (including phenoxy) is 2. The Morgan fingerprint density at radius 3 is 2.21 bits per heavy atom. The first kappa shape index (κ1) is 29.7. The van der Waals surface area contributed by atoms with Gasteiger partial charge in [0.25, 0.3) is 11.8 Å². The van der Waals surface area contributed by atoms with E-state index in [9.17, 15) is 18.8 Å². The highest BCUT2D eigenvalue weighted by Gasteiger charge is 2.29. The normalized spacial score (nSPS) is 18.8. The molecular formula is C33H33FN4O5. The molecule has 9 nitrogen and oxygen atoms in total. The van der Waals surface area contributed by atoms with Crippen LogP contribution in [-0.2, 0) is 0 Å². The van der Waals surface area contributed by atoms with Crippen molar-refractivity contribution in [3.63, 3.8) is 0 Å². The van der Waals surface area contributed by atoms with Crippen LogP contribution in [0.2, 0.25) is 0 Å². The lowest BCUT2D eigenvalue weighted by Crippen LogP contribution is -2.40. The number of piperidine rings is 1. The van der Waals surface area contributed by atoms with Gasteiger partial charge in [-0.2, -0.15) is 5.26 Å². The fraction of sp³-hybridized carbons (Fsp3) is 0.364. The fourth-order valence-corrected chi connectivity index (χ4v) is 5.61. The molecule has 222 valence electrons. The number of Topliss-reactive ketones (excluding diaryl/α,β-unsaturated/α-hetero) is 1. The van der Waals surface area contributed by atoms with Gasteiger partial charge in [0.15, 0.2) is 5.78 Å². The standard InChI is InChI=1S/C33H33FN4O5/c1-42-26-8-2-21(3-9-26)31(39)22-14-16-38(17-15-22)33(41)24-5-13-30(36-20-24)32(40)37-25-6-11-27(12-7-25)43-28-10-4-23(19-35)29(34)18-28/h2-5,8-10,13,18,20,22,25,27H,6-7,11-12,14-17H2,1H3,(H,37,40). The van der Waals surface area contributed by atoms with E-state index in [2.05, 4.69) is 10.3 Å². The van der Waals surface area contributed by atoms with E-state index in [4.69, 9.17) is 14.7 Å². The van der Waals surface area contributed by atoms with Crippen molar-refractivity contribution in [2.45, 2.75) is 50.7 Å². The zero-order chi connectivity index (χ0) is 30.3. The third-order valence-electron chi connectivity index (χ3n) is 8.14. The zero-order valence-electron chi connectivity index (χ0n) is 23.9. The van der Waals surface area contributed by atoms with Gasteiger partial charge in [0.1, 0.15) is 29.1 Å². The molecule has 1 N–H and O–H groups in total. The molecule has 1 aliphatic carbocycles. The van der Waals surface area contributed by atoms with Crippen LogP contribution >= 0.6 is 0 Å². The summed E-state index contributed by atoms with van der Waals surface area (Å²) in [6, 6.07) is 16.2. The molecule has 2 fully saturated rings. The van der Waals surface area contributed by atoms with Crippen molar-refractivity contribution >= 4 is 17.6 Å². The van der Waals surface area contributed by atoms with Crippen molar-refractivity contribution < 1.29 is 28.2 Å². The van der Waals surface area contributed by atoms with E-state index in [1.807, 2.05) is 0 Å². The first-order valence-corrected chi connectivity index (χ1v) is 14.5. The van der Waals surface area contributed by atoms with Crippen LogP contribution in [0.5, 0.6) is 11.5 Å². The SMILES string of the molecule is COc1ccc(C(=O)C2CCN(C(=O)c3ccc(C(=O)NC4CCC(Oc5ccc(C#N)c(F)c5)CC4)nc3)CC2)cc1. The smallest absolute Gasteiger partial charge is 0.270 e. The molecule has 0 spiro atoms. The lowest BCUT2D eigenvalue weighted by Gasteiger charge is -2.31. The predicted molar refractivity (Wildman–Crippen MR) is 155 cm³/mol. The van der Waals surface area contributed by atoms with E-state index in [1.54, 1.807) is 60.5 Å². The number of amides is 2. The molecule has 2 heterocycles. The first-order chi connectivity index (χ1) is 20.8. The molecule has 43 heavy (non-hydrogen) atoms. The largest absolute Gasteiger partial charge is 0.497 e. The number of methoxy groups -OCH3 is 1. The number of hydrogen-bond donors (Lipinski definition) is 1. The van der Waals surface area contributed by atoms with Gasteiger partial charge >= 0.3 is 0 Å². The second-order valence-corrected chi connectivity index (χ2v) is 10.9. The van der Waals surface area contributed by atoms with Crippen molar-refractivity contribution in [3.8, 4) is 17.6 Å². The summed E-state index contributed by atoms with van der Waals surface area (Å²) in [4.78, 5) is 44.7. The number of nitriles is 1. The number of aromatic nitrogens is 1. The van der Waals surface area contributed by atoms with Crippen LogP contribution in [0.1, 0.15) is 75.3 Å². The van der Waals surface area contributed by atoms with Gasteiger partial charge in [0.2, 0.25) is 0 Å². The molecule has 0 unspecified atom stereocenters. The summed E-state index contributed by atoms with van der Waals surface area (Å²) in [5, 5.41) is 11.9. The maximum atomic E-state index is 13.9. The number of ketones is 1. The van der Waals surface area contributed by atoms with Crippen LogP contribution in [-0.4, -0.2) is 59.8 Å². The number of hydrogen-bond acceptors (Lipinski definition) is 7. The molecule has 1 saturated carbocycles. The topological polar surface area (TPSA) is 122 Å². The molecule has 3 aromatic rings. The van der Waals surface area contributed by atoms with Crippen LogP contribution < -0.4 is 14.8 Å². The van der Waals surface area contributed by atoms with E-state index in [-0.39, 0.29) is 46.9 Å². The average molecular weight is 585 g/mol. The highest BCUT2D eigenvalue weighted by molar-refractivity contribution is 5.99. The summed E-state index contributed by atoms with van der Waals surface area (Å²) < 4.78 is 24.9. The van der Waals surface area contributed by atoms with E-state index in [1.165, 1.54) is 18.3 Å². The maximum absolute atomic E-state index is 13.9. The molecule has 1 aromatic heterocycles. The van der Waals surface area contributed by atoms with Gasteiger partial charge in [-0.1, -0.05) is 0 Å². The van der Waals surface area contributed by atoms with Crippen LogP contribution in [0.15, 0.2) is 60.8 Å². The fourth-order valence-electron chi connectivity index (χ4n) is 5.61. The minimum absolute atomic E-state index is 0.0243. The summed E-state index contributed by atoms with van der Waals surface area (Å²) in [6.07, 6.45) is 5.27. The van der Waals surface area contributed by atoms with Crippen molar-refractivity contribution in [1.82, 2.24) is 15.2 Å². The molecule has 1 saturated heterocycles. The number of likely N-dealkylation sites (tertiary alicyclic amines) is 1. The molecule has 0 radical (unpaired) electrons. The van der Waals surface area contributed by atoms with Crippen molar-refractivity contribution in [2.24, 2.45) is 5.92 Å². The number of benzene rings is 2. The number of carbonyl (C=O) groups excluding carboxylic acids is 3. The van der Waals surface area contributed by atoms with Gasteiger partial charge in [-0.25, -0.2) is 4.39 Å². The summed E-state index contributed by atoms with van der Waals surface area (Å²) in [5.41, 5.74) is 1.24. The average Bonchev–Trinajstić information content (AvgIpc) is 3.05. The van der Waals surface area contributed by atoms with Gasteiger partial charge in [0.05, 0.1) is 24.3 Å². The Bertz CT molecular complexity index is 1500. The van der Waals surface area contributed by atoms with Gasteiger partial charge in [-0.05, 0) is 87.1 Å². The molecule has 0 atom stereocenters. The number of halogens is 1. The molecule has 2 amide bonds. The number of nitrogens with zero attached hydrogens (tertiary/aromatic N) is 3. The lowest BCUT2D eigenvalue weighted by molar-refractivity contribution is 0.0649. The number of carbonyl (C=O) groups is 3. The summed E-state index contributed by atoms with van der Waals surface area (Å²) in [6.45, 7) is 0.945. The maximum Gasteiger partial charge on any atom is 0.270 e. The van der Waals surface area contributed by atoms with Gasteiger partial charge in [0, 0.05) is 42.9 Å². The lowest BCUT2D eigenvalue weighted by atomic mass is 9.88. The highest BCUT2D eigenvalue weighted by atomic mass is 19.1. The predicted octanol–water partition coefficient (Wildman–Crippen LogP) is 4.96. The Balaban J connectivity index is 1.07. The Labute approximate surface area is 249 Å². The van der Waals surface area contributed by atoms with Crippen molar-refractivity contribution in [1.29, 1.82) is 5.26 Å². The quantitative estimate of drug-likeness (QED) is 0.372. The van der Waals surface area contributed by atoms with Crippen LogP contribution in [0.25, 0.3) is 0 Å². The monoisotopic (exact) mass is 584 g/mol. The second-order valence-electron chi connectivity index (χ2n) is 10.9. The molecule has 0 bridgehead atoms. The third-order valence-corrected chi connectivity index (χ3v) is 8.14. The molecular weight excluding hydrogens is 551 g/mol. The number of rotatable bonds is 8. The number of nitrogens with one attached hydrogen (secondary N) is 1. The zero-order valence-corrected chi connectivity index (χ0v) is 23.9. The third kappa shape index (κ3) is 7.17. The van der Waals surface area contributed by atoms with Crippen LogP contribution in [0.3, 0.4) is 0 Å². The first-order valence-electron chi connectivity index (χ1n) is 14.5. The summed E-state index contributed by atoms with van der Waals surface area (Å²) in [5.74, 6) is -0.0667. The Hall–Kier alpha value is -4.78. The van der Waals surface area contributed by atoms with E-state index in [0.717, 1.165) is 0 Å². The van der Waals surface area contributed by atoms with Crippen LogP contribution in [0, 0.1) is 23.1 Å². The van der Waals surface area contributed by atoms with Gasteiger partial charge in [-0.3, -0.25) is 19.4 Å².